The van der Waals surface area contributed by atoms with Crippen LogP contribution in [0.4, 0.5) is 42.1 Å². The average molecular weight is 323 g/mol. The average Bonchev–Trinajstić information content (AvgIpc) is 2.39. The number of halogens is 7. The Morgan fingerprint density at radius 3 is 1.91 bits per heavy atom. The second kappa shape index (κ2) is 5.51. The summed E-state index contributed by atoms with van der Waals surface area (Å²) in [5.74, 6) is -0.881. The number of alkyl halides is 6. The van der Waals surface area contributed by atoms with Gasteiger partial charge in [0.05, 0.1) is 22.5 Å². The molecular formula is C14H8F7N. The number of para-hydroxylation sites is 1. The monoisotopic (exact) mass is 323 g/mol. The molecule has 0 atom stereocenters. The maximum atomic E-state index is 13.5. The molecule has 1 N–H and O–H groups in total. The molecule has 0 unspecified atom stereocenters. The van der Waals surface area contributed by atoms with Gasteiger partial charge in [0.15, 0.2) is 0 Å². The van der Waals surface area contributed by atoms with Gasteiger partial charge in [-0.2, -0.15) is 26.3 Å². The molecule has 0 radical (unpaired) electrons. The maximum Gasteiger partial charge on any atom is 0.418 e. The zero-order valence-electron chi connectivity index (χ0n) is 10.7. The van der Waals surface area contributed by atoms with Crippen molar-refractivity contribution in [3.8, 4) is 0 Å². The third-order valence-electron chi connectivity index (χ3n) is 2.80. The van der Waals surface area contributed by atoms with Gasteiger partial charge in [-0.25, -0.2) is 4.39 Å². The van der Waals surface area contributed by atoms with E-state index in [1.165, 1.54) is 12.1 Å². The predicted molar refractivity (Wildman–Crippen MR) is 66.1 cm³/mol. The van der Waals surface area contributed by atoms with E-state index in [9.17, 15) is 30.7 Å². The first-order chi connectivity index (χ1) is 10.1. The second-order valence-corrected chi connectivity index (χ2v) is 4.36. The normalized spacial score (nSPS) is 12.3. The minimum absolute atomic E-state index is 0.301. The number of hydrogen-bond acceptors (Lipinski definition) is 1. The van der Waals surface area contributed by atoms with Gasteiger partial charge < -0.3 is 5.32 Å². The Balaban J connectivity index is 2.53. The van der Waals surface area contributed by atoms with Gasteiger partial charge >= 0.3 is 12.4 Å². The van der Waals surface area contributed by atoms with Gasteiger partial charge in [0, 0.05) is 0 Å². The standard InChI is InChI=1S/C14H8F7N/c15-10-3-1-2-4-11(10)22-12-7-8(13(16,17)18)5-6-9(12)14(19,20)21/h1-7,22H. The molecule has 2 aromatic rings. The minimum atomic E-state index is -4.88. The van der Waals surface area contributed by atoms with Crippen molar-refractivity contribution in [2.75, 3.05) is 5.32 Å². The number of hydrogen-bond donors (Lipinski definition) is 1. The fraction of sp³-hybridized carbons (Fsp3) is 0.143. The Morgan fingerprint density at radius 2 is 1.36 bits per heavy atom. The van der Waals surface area contributed by atoms with Gasteiger partial charge in [-0.3, -0.25) is 0 Å². The van der Waals surface area contributed by atoms with E-state index in [0.29, 0.717) is 18.2 Å². The zero-order chi connectivity index (χ0) is 16.5. The molecular weight excluding hydrogens is 315 g/mol. The Bertz CT molecular complexity index is 674. The number of anilines is 2. The van der Waals surface area contributed by atoms with Crippen molar-refractivity contribution < 1.29 is 30.7 Å². The summed E-state index contributed by atoms with van der Waals surface area (Å²) in [5, 5.41) is 2.06. The van der Waals surface area contributed by atoms with E-state index in [-0.39, 0.29) is 5.69 Å². The zero-order valence-corrected chi connectivity index (χ0v) is 10.7. The van der Waals surface area contributed by atoms with Crippen LogP contribution in [0.5, 0.6) is 0 Å². The molecule has 0 amide bonds. The molecule has 0 spiro atoms. The first-order valence-electron chi connectivity index (χ1n) is 5.89. The Kier molecular flexibility index (Phi) is 4.04. The Hall–Kier alpha value is -2.25. The van der Waals surface area contributed by atoms with Gasteiger partial charge in [-0.1, -0.05) is 12.1 Å². The summed E-state index contributed by atoms with van der Waals surface area (Å²) in [6.07, 6.45) is -9.69. The Labute approximate surface area is 120 Å². The molecule has 118 valence electrons. The van der Waals surface area contributed by atoms with E-state index in [2.05, 4.69) is 5.32 Å². The van der Waals surface area contributed by atoms with E-state index in [4.69, 9.17) is 0 Å². The van der Waals surface area contributed by atoms with E-state index >= 15 is 0 Å². The van der Waals surface area contributed by atoms with Gasteiger partial charge in [-0.05, 0) is 30.3 Å². The van der Waals surface area contributed by atoms with Crippen LogP contribution < -0.4 is 5.32 Å². The molecule has 0 aliphatic heterocycles. The topological polar surface area (TPSA) is 12.0 Å². The summed E-state index contributed by atoms with van der Waals surface area (Å²) in [6, 6.07) is 5.68. The predicted octanol–water partition coefficient (Wildman–Crippen LogP) is 5.61. The highest BCUT2D eigenvalue weighted by molar-refractivity contribution is 5.65. The summed E-state index contributed by atoms with van der Waals surface area (Å²) in [7, 11) is 0. The van der Waals surface area contributed by atoms with Crippen molar-refractivity contribution >= 4 is 11.4 Å². The summed E-state index contributed by atoms with van der Waals surface area (Å²) in [6.45, 7) is 0. The third-order valence-corrected chi connectivity index (χ3v) is 2.80. The van der Waals surface area contributed by atoms with Crippen molar-refractivity contribution in [2.24, 2.45) is 0 Å². The quantitative estimate of drug-likeness (QED) is 0.709. The first kappa shape index (κ1) is 16.1. The van der Waals surface area contributed by atoms with Crippen LogP contribution in [0.25, 0.3) is 0 Å². The van der Waals surface area contributed by atoms with Crippen LogP contribution in [0.3, 0.4) is 0 Å². The molecule has 2 aromatic carbocycles. The van der Waals surface area contributed by atoms with E-state index in [1.807, 2.05) is 0 Å². The Morgan fingerprint density at radius 1 is 0.727 bits per heavy atom. The summed E-state index contributed by atoms with van der Waals surface area (Å²) < 4.78 is 90.0. The van der Waals surface area contributed by atoms with Crippen LogP contribution in [0.1, 0.15) is 11.1 Å². The number of nitrogens with one attached hydrogen (secondary N) is 1. The molecule has 0 saturated carbocycles. The van der Waals surface area contributed by atoms with Gasteiger partial charge in [0.25, 0.3) is 0 Å². The molecule has 0 aromatic heterocycles. The van der Waals surface area contributed by atoms with E-state index in [1.54, 1.807) is 0 Å². The summed E-state index contributed by atoms with van der Waals surface area (Å²) in [5.41, 5.74) is -3.80. The SMILES string of the molecule is Fc1ccccc1Nc1cc(C(F)(F)F)ccc1C(F)(F)F. The van der Waals surface area contributed by atoms with Crippen molar-refractivity contribution in [3.63, 3.8) is 0 Å². The lowest BCUT2D eigenvalue weighted by atomic mass is 10.1. The fourth-order valence-electron chi connectivity index (χ4n) is 1.78. The van der Waals surface area contributed by atoms with Crippen molar-refractivity contribution in [1.82, 2.24) is 0 Å². The lowest BCUT2D eigenvalue weighted by Gasteiger charge is -2.17. The van der Waals surface area contributed by atoms with Crippen LogP contribution in [0, 0.1) is 5.82 Å². The molecule has 8 heteroatoms. The molecule has 2 rings (SSSR count). The molecule has 0 saturated heterocycles. The van der Waals surface area contributed by atoms with Crippen LogP contribution >= 0.6 is 0 Å². The van der Waals surface area contributed by atoms with Gasteiger partial charge in [0.1, 0.15) is 5.82 Å². The van der Waals surface area contributed by atoms with Gasteiger partial charge in [0.2, 0.25) is 0 Å². The highest BCUT2D eigenvalue weighted by atomic mass is 19.4. The third kappa shape index (κ3) is 3.49. The van der Waals surface area contributed by atoms with Crippen LogP contribution in [-0.4, -0.2) is 0 Å². The lowest BCUT2D eigenvalue weighted by molar-refractivity contribution is -0.140. The molecule has 0 aliphatic carbocycles. The molecule has 22 heavy (non-hydrogen) atoms. The summed E-state index contributed by atoms with van der Waals surface area (Å²) in [4.78, 5) is 0. The van der Waals surface area contributed by atoms with Crippen molar-refractivity contribution in [3.05, 3.63) is 59.4 Å². The fourth-order valence-corrected chi connectivity index (χ4v) is 1.78. The summed E-state index contributed by atoms with van der Waals surface area (Å²) >= 11 is 0. The molecule has 0 bridgehead atoms. The van der Waals surface area contributed by atoms with Crippen LogP contribution in [-0.2, 0) is 12.4 Å². The lowest BCUT2D eigenvalue weighted by Crippen LogP contribution is -2.12. The van der Waals surface area contributed by atoms with E-state index < -0.39 is 35.0 Å². The molecule has 0 heterocycles. The van der Waals surface area contributed by atoms with Crippen molar-refractivity contribution in [2.45, 2.75) is 12.4 Å². The maximum absolute atomic E-state index is 13.5. The molecule has 0 aliphatic rings. The molecule has 1 nitrogen and oxygen atoms in total. The minimum Gasteiger partial charge on any atom is -0.353 e. The second-order valence-electron chi connectivity index (χ2n) is 4.36. The van der Waals surface area contributed by atoms with E-state index in [0.717, 1.165) is 12.1 Å². The van der Waals surface area contributed by atoms with Crippen LogP contribution in [0.15, 0.2) is 42.5 Å². The number of rotatable bonds is 2. The largest absolute Gasteiger partial charge is 0.418 e. The first-order valence-corrected chi connectivity index (χ1v) is 5.89. The molecule has 0 fully saturated rings. The smallest absolute Gasteiger partial charge is 0.353 e. The highest BCUT2D eigenvalue weighted by Crippen LogP contribution is 2.40. The van der Waals surface area contributed by atoms with Gasteiger partial charge in [-0.15, -0.1) is 0 Å². The number of benzene rings is 2. The highest BCUT2D eigenvalue weighted by Gasteiger charge is 2.37. The van der Waals surface area contributed by atoms with Crippen molar-refractivity contribution in [1.29, 1.82) is 0 Å². The van der Waals surface area contributed by atoms with Crippen LogP contribution in [0.2, 0.25) is 0 Å².